The van der Waals surface area contributed by atoms with Crippen molar-refractivity contribution in [2.45, 2.75) is 30.9 Å². The molecule has 3 nitrogen and oxygen atoms in total. The average molecular weight is 327 g/mol. The summed E-state index contributed by atoms with van der Waals surface area (Å²) >= 11 is 2.00. The lowest BCUT2D eigenvalue weighted by atomic mass is 10.0. The summed E-state index contributed by atoms with van der Waals surface area (Å²) in [4.78, 5) is 4.20. The minimum Gasteiger partial charge on any atom is -0.356 e. The second-order valence-corrected chi connectivity index (χ2v) is 6.95. The van der Waals surface area contributed by atoms with Crippen molar-refractivity contribution in [2.75, 3.05) is 25.9 Å². The zero-order valence-corrected chi connectivity index (χ0v) is 13.9. The topological polar surface area (TPSA) is 36.4 Å². The Morgan fingerprint density at radius 2 is 2.18 bits per heavy atom. The van der Waals surface area contributed by atoms with Crippen molar-refractivity contribution >= 4 is 17.7 Å². The molecule has 6 heteroatoms. The predicted octanol–water partition coefficient (Wildman–Crippen LogP) is 3.13. The molecule has 0 bridgehead atoms. The SMILES string of the molecule is CN=C(NCC1CCCS1)NCC(C)c1ccc(F)c(F)c1. The molecule has 0 amide bonds. The van der Waals surface area contributed by atoms with E-state index >= 15 is 0 Å². The number of hydrogen-bond acceptors (Lipinski definition) is 2. The standard InChI is InChI=1S/C16H23F2N3S/c1-11(12-5-6-14(17)15(18)8-12)9-20-16(19-2)21-10-13-4-3-7-22-13/h5-6,8,11,13H,3-4,7,9-10H2,1-2H3,(H2,19,20,21). The molecule has 122 valence electrons. The van der Waals surface area contributed by atoms with Gasteiger partial charge in [-0.3, -0.25) is 4.99 Å². The van der Waals surface area contributed by atoms with Crippen LogP contribution in [-0.4, -0.2) is 37.1 Å². The monoisotopic (exact) mass is 327 g/mol. The lowest BCUT2D eigenvalue weighted by Gasteiger charge is -2.18. The molecular formula is C16H23F2N3S. The Balaban J connectivity index is 1.80. The molecule has 22 heavy (non-hydrogen) atoms. The molecule has 1 heterocycles. The molecule has 2 atom stereocenters. The molecule has 0 spiro atoms. The Morgan fingerprint density at radius 1 is 1.36 bits per heavy atom. The van der Waals surface area contributed by atoms with Gasteiger partial charge in [-0.05, 0) is 42.2 Å². The first-order valence-corrected chi connectivity index (χ1v) is 8.66. The number of rotatable bonds is 5. The second-order valence-electron chi connectivity index (χ2n) is 5.54. The van der Waals surface area contributed by atoms with Crippen LogP contribution in [-0.2, 0) is 0 Å². The van der Waals surface area contributed by atoms with E-state index < -0.39 is 11.6 Å². The maximum Gasteiger partial charge on any atom is 0.191 e. The summed E-state index contributed by atoms with van der Waals surface area (Å²) in [5.74, 6) is 0.447. The Bertz CT molecular complexity index is 516. The van der Waals surface area contributed by atoms with Crippen molar-refractivity contribution in [2.24, 2.45) is 4.99 Å². The van der Waals surface area contributed by atoms with E-state index in [-0.39, 0.29) is 5.92 Å². The van der Waals surface area contributed by atoms with Gasteiger partial charge in [0.05, 0.1) is 0 Å². The smallest absolute Gasteiger partial charge is 0.191 e. The molecule has 1 saturated heterocycles. The molecule has 1 fully saturated rings. The third-order valence-corrected chi connectivity index (χ3v) is 5.23. The zero-order chi connectivity index (χ0) is 15.9. The highest BCUT2D eigenvalue weighted by molar-refractivity contribution is 8.00. The van der Waals surface area contributed by atoms with Gasteiger partial charge in [0.25, 0.3) is 0 Å². The number of benzene rings is 1. The first-order chi connectivity index (χ1) is 10.6. The van der Waals surface area contributed by atoms with Gasteiger partial charge in [-0.2, -0.15) is 11.8 Å². The van der Waals surface area contributed by atoms with Gasteiger partial charge in [0.2, 0.25) is 0 Å². The van der Waals surface area contributed by atoms with Gasteiger partial charge in [0.15, 0.2) is 17.6 Å². The number of nitrogens with zero attached hydrogens (tertiary/aromatic N) is 1. The predicted molar refractivity (Wildman–Crippen MR) is 89.6 cm³/mol. The summed E-state index contributed by atoms with van der Waals surface area (Å²) in [6, 6.07) is 4.05. The number of thioether (sulfide) groups is 1. The van der Waals surface area contributed by atoms with Gasteiger partial charge in [-0.1, -0.05) is 13.0 Å². The molecule has 2 N–H and O–H groups in total. The highest BCUT2D eigenvalue weighted by atomic mass is 32.2. The maximum atomic E-state index is 13.3. The van der Waals surface area contributed by atoms with E-state index in [0.29, 0.717) is 11.8 Å². The molecule has 0 aromatic heterocycles. The fourth-order valence-electron chi connectivity index (χ4n) is 2.42. The Kier molecular flexibility index (Phi) is 6.49. The summed E-state index contributed by atoms with van der Waals surface area (Å²) in [7, 11) is 1.74. The highest BCUT2D eigenvalue weighted by Gasteiger charge is 2.16. The van der Waals surface area contributed by atoms with E-state index in [1.807, 2.05) is 18.7 Å². The minimum absolute atomic E-state index is 0.0644. The largest absolute Gasteiger partial charge is 0.356 e. The van der Waals surface area contributed by atoms with Crippen LogP contribution in [0.5, 0.6) is 0 Å². The number of guanidine groups is 1. The van der Waals surface area contributed by atoms with E-state index in [1.165, 1.54) is 30.7 Å². The molecule has 1 aromatic carbocycles. The van der Waals surface area contributed by atoms with Gasteiger partial charge in [-0.15, -0.1) is 0 Å². The Hall–Kier alpha value is -1.30. The molecule has 2 rings (SSSR count). The van der Waals surface area contributed by atoms with Crippen LogP contribution in [0.4, 0.5) is 8.78 Å². The number of aliphatic imine (C=N–C) groups is 1. The third kappa shape index (κ3) is 4.87. The van der Waals surface area contributed by atoms with Crippen molar-refractivity contribution in [1.29, 1.82) is 0 Å². The molecular weight excluding hydrogens is 304 g/mol. The van der Waals surface area contributed by atoms with Crippen LogP contribution in [0.25, 0.3) is 0 Å². The average Bonchev–Trinajstić information content (AvgIpc) is 3.03. The number of hydrogen-bond donors (Lipinski definition) is 2. The summed E-state index contributed by atoms with van der Waals surface area (Å²) in [5.41, 5.74) is 0.771. The van der Waals surface area contributed by atoms with Crippen LogP contribution in [0.2, 0.25) is 0 Å². The van der Waals surface area contributed by atoms with Crippen LogP contribution in [0.15, 0.2) is 23.2 Å². The fourth-order valence-corrected chi connectivity index (χ4v) is 3.62. The second kappa shape index (κ2) is 8.36. The Morgan fingerprint density at radius 3 is 2.82 bits per heavy atom. The van der Waals surface area contributed by atoms with E-state index in [2.05, 4.69) is 15.6 Å². The van der Waals surface area contributed by atoms with Crippen molar-refractivity contribution in [3.63, 3.8) is 0 Å². The molecule has 0 radical (unpaired) electrons. The van der Waals surface area contributed by atoms with Gasteiger partial charge < -0.3 is 10.6 Å². The molecule has 0 saturated carbocycles. The highest BCUT2D eigenvalue weighted by Crippen LogP contribution is 2.25. The van der Waals surface area contributed by atoms with Crippen molar-refractivity contribution < 1.29 is 8.78 Å². The van der Waals surface area contributed by atoms with Crippen LogP contribution in [0, 0.1) is 11.6 Å². The van der Waals surface area contributed by atoms with E-state index in [9.17, 15) is 8.78 Å². The van der Waals surface area contributed by atoms with Crippen LogP contribution in [0.1, 0.15) is 31.2 Å². The van der Waals surface area contributed by atoms with Crippen molar-refractivity contribution in [1.82, 2.24) is 10.6 Å². The van der Waals surface area contributed by atoms with Gasteiger partial charge in [-0.25, -0.2) is 8.78 Å². The normalized spacial score (nSPS) is 20.0. The van der Waals surface area contributed by atoms with Crippen molar-refractivity contribution in [3.8, 4) is 0 Å². The summed E-state index contributed by atoms with van der Waals surface area (Å²) in [6.45, 7) is 3.49. The summed E-state index contributed by atoms with van der Waals surface area (Å²) in [6.07, 6.45) is 2.54. The summed E-state index contributed by atoms with van der Waals surface area (Å²) < 4.78 is 26.2. The fraction of sp³-hybridized carbons (Fsp3) is 0.562. The van der Waals surface area contributed by atoms with Crippen LogP contribution in [0.3, 0.4) is 0 Å². The molecule has 2 unspecified atom stereocenters. The lowest BCUT2D eigenvalue weighted by molar-refractivity contribution is 0.505. The van der Waals surface area contributed by atoms with Crippen LogP contribution < -0.4 is 10.6 Å². The minimum atomic E-state index is -0.810. The molecule has 1 aliphatic heterocycles. The lowest BCUT2D eigenvalue weighted by Crippen LogP contribution is -2.41. The number of halogens is 2. The zero-order valence-electron chi connectivity index (χ0n) is 13.0. The van der Waals surface area contributed by atoms with E-state index in [1.54, 1.807) is 13.1 Å². The third-order valence-electron chi connectivity index (χ3n) is 3.83. The van der Waals surface area contributed by atoms with Gasteiger partial charge >= 0.3 is 0 Å². The van der Waals surface area contributed by atoms with E-state index in [4.69, 9.17) is 0 Å². The maximum absolute atomic E-state index is 13.3. The molecule has 1 aromatic rings. The molecule has 1 aliphatic rings. The quantitative estimate of drug-likeness (QED) is 0.644. The van der Waals surface area contributed by atoms with Gasteiger partial charge in [0.1, 0.15) is 0 Å². The van der Waals surface area contributed by atoms with Crippen LogP contribution >= 0.6 is 11.8 Å². The van der Waals surface area contributed by atoms with E-state index in [0.717, 1.165) is 18.1 Å². The first-order valence-electron chi connectivity index (χ1n) is 7.61. The number of nitrogens with one attached hydrogen (secondary N) is 2. The van der Waals surface area contributed by atoms with Gasteiger partial charge in [0, 0.05) is 25.4 Å². The summed E-state index contributed by atoms with van der Waals surface area (Å²) in [5, 5.41) is 7.22. The Labute approximate surface area is 135 Å². The molecule has 0 aliphatic carbocycles. The van der Waals surface area contributed by atoms with Crippen molar-refractivity contribution in [3.05, 3.63) is 35.4 Å². The first kappa shape index (κ1) is 17.1.